The van der Waals surface area contributed by atoms with Gasteiger partial charge in [0.1, 0.15) is 0 Å². The number of carbonyl (C=O) groups is 1. The molecule has 1 heterocycles. The molecular weight excluding hydrogens is 304 g/mol. The largest absolute Gasteiger partial charge is 0.393 e. The van der Waals surface area contributed by atoms with Crippen molar-refractivity contribution in [1.29, 1.82) is 0 Å². The highest BCUT2D eigenvalue weighted by Gasteiger charge is 2.28. The fraction of sp³-hybridized carbons (Fsp3) is 0.400. The fourth-order valence-electron chi connectivity index (χ4n) is 2.28. The van der Waals surface area contributed by atoms with Crippen LogP contribution in [0.4, 0.5) is 0 Å². The maximum atomic E-state index is 12.5. The van der Waals surface area contributed by atoms with E-state index in [1.54, 1.807) is 6.08 Å². The summed E-state index contributed by atoms with van der Waals surface area (Å²) in [4.78, 5) is 11.9. The molecule has 0 unspecified atom stereocenters. The number of aliphatic hydroxyl groups excluding tert-OH is 1. The van der Waals surface area contributed by atoms with Crippen molar-refractivity contribution in [3.05, 3.63) is 42.5 Å². The Morgan fingerprint density at radius 3 is 2.45 bits per heavy atom. The van der Waals surface area contributed by atoms with E-state index in [2.05, 4.69) is 11.9 Å². The van der Waals surface area contributed by atoms with Crippen LogP contribution in [-0.2, 0) is 10.0 Å². The average molecular weight is 324 g/mol. The van der Waals surface area contributed by atoms with Gasteiger partial charge in [-0.05, 0) is 37.1 Å². The minimum absolute atomic E-state index is 0.157. The van der Waals surface area contributed by atoms with E-state index < -0.39 is 16.1 Å². The van der Waals surface area contributed by atoms with Crippen molar-refractivity contribution >= 4 is 15.9 Å². The van der Waals surface area contributed by atoms with E-state index in [9.17, 15) is 18.3 Å². The molecule has 2 N–H and O–H groups in total. The lowest BCUT2D eigenvalue weighted by atomic mass is 10.1. The Labute approximate surface area is 130 Å². The van der Waals surface area contributed by atoms with Crippen molar-refractivity contribution in [2.45, 2.75) is 23.8 Å². The first kappa shape index (κ1) is 16.7. The van der Waals surface area contributed by atoms with Crippen LogP contribution in [0.1, 0.15) is 23.2 Å². The molecule has 0 saturated carbocycles. The van der Waals surface area contributed by atoms with Gasteiger partial charge in [0, 0.05) is 25.2 Å². The van der Waals surface area contributed by atoms with Gasteiger partial charge in [-0.25, -0.2) is 8.42 Å². The summed E-state index contributed by atoms with van der Waals surface area (Å²) in [5.41, 5.74) is 0.398. The van der Waals surface area contributed by atoms with Gasteiger partial charge in [-0.3, -0.25) is 4.79 Å². The van der Waals surface area contributed by atoms with E-state index >= 15 is 0 Å². The maximum Gasteiger partial charge on any atom is 0.251 e. The molecule has 1 aromatic rings. The van der Waals surface area contributed by atoms with Gasteiger partial charge >= 0.3 is 0 Å². The zero-order chi connectivity index (χ0) is 16.2. The molecule has 6 nitrogen and oxygen atoms in total. The molecule has 22 heavy (non-hydrogen) atoms. The number of aliphatic hydroxyl groups is 1. The van der Waals surface area contributed by atoms with Gasteiger partial charge in [0.15, 0.2) is 0 Å². The molecule has 0 radical (unpaired) electrons. The summed E-state index contributed by atoms with van der Waals surface area (Å²) in [7, 11) is -3.57. The van der Waals surface area contributed by atoms with Crippen molar-refractivity contribution in [2.75, 3.05) is 19.6 Å². The topological polar surface area (TPSA) is 86.7 Å². The third-order valence-electron chi connectivity index (χ3n) is 3.58. The summed E-state index contributed by atoms with van der Waals surface area (Å²) in [6.45, 7) is 4.49. The molecule has 0 aromatic heterocycles. The van der Waals surface area contributed by atoms with Crippen molar-refractivity contribution < 1.29 is 18.3 Å². The smallest absolute Gasteiger partial charge is 0.251 e. The predicted octanol–water partition coefficient (Wildman–Crippen LogP) is 0.748. The second kappa shape index (κ2) is 7.04. The normalized spacial score (nSPS) is 17.1. The number of hydrogen-bond donors (Lipinski definition) is 2. The molecule has 0 bridgehead atoms. The summed E-state index contributed by atoms with van der Waals surface area (Å²) in [5, 5.41) is 12.1. The van der Waals surface area contributed by atoms with Crippen LogP contribution in [0.25, 0.3) is 0 Å². The number of rotatable bonds is 5. The quantitative estimate of drug-likeness (QED) is 0.783. The second-order valence-electron chi connectivity index (χ2n) is 5.16. The van der Waals surface area contributed by atoms with Crippen molar-refractivity contribution in [1.82, 2.24) is 9.62 Å². The number of sulfonamides is 1. The Hall–Kier alpha value is -1.70. The van der Waals surface area contributed by atoms with Crippen LogP contribution in [0.2, 0.25) is 0 Å². The number of piperidine rings is 1. The lowest BCUT2D eigenvalue weighted by molar-refractivity contribution is 0.0957. The van der Waals surface area contributed by atoms with Crippen LogP contribution in [0.5, 0.6) is 0 Å². The Morgan fingerprint density at radius 2 is 1.91 bits per heavy atom. The standard InChI is InChI=1S/C15H20N2O4S/c1-2-9-16-15(19)12-3-5-14(6-4-12)22(20,21)17-10-7-13(18)8-11-17/h2-6,13,18H,1,7-11H2,(H,16,19). The summed E-state index contributed by atoms with van der Waals surface area (Å²) < 4.78 is 26.3. The first-order valence-electron chi connectivity index (χ1n) is 7.12. The zero-order valence-corrected chi connectivity index (χ0v) is 13.1. The molecule has 0 aliphatic carbocycles. The Balaban J connectivity index is 2.12. The second-order valence-corrected chi connectivity index (χ2v) is 7.10. The van der Waals surface area contributed by atoms with Crippen LogP contribution < -0.4 is 5.32 Å². The first-order valence-corrected chi connectivity index (χ1v) is 8.56. The van der Waals surface area contributed by atoms with Gasteiger partial charge in [-0.1, -0.05) is 6.08 Å². The van der Waals surface area contributed by atoms with Gasteiger partial charge < -0.3 is 10.4 Å². The van der Waals surface area contributed by atoms with Crippen molar-refractivity contribution in [2.24, 2.45) is 0 Å². The molecule has 1 aliphatic rings. The molecule has 1 amide bonds. The van der Waals surface area contributed by atoms with E-state index in [1.165, 1.54) is 28.6 Å². The van der Waals surface area contributed by atoms with Crippen molar-refractivity contribution in [3.8, 4) is 0 Å². The predicted molar refractivity (Wildman–Crippen MR) is 83.0 cm³/mol. The van der Waals surface area contributed by atoms with E-state index in [-0.39, 0.29) is 10.8 Å². The lowest BCUT2D eigenvalue weighted by Gasteiger charge is -2.28. The summed E-state index contributed by atoms with van der Waals surface area (Å²) >= 11 is 0. The lowest BCUT2D eigenvalue weighted by Crippen LogP contribution is -2.40. The molecule has 1 fully saturated rings. The fourth-order valence-corrected chi connectivity index (χ4v) is 3.75. The van der Waals surface area contributed by atoms with Crippen LogP contribution in [0.15, 0.2) is 41.8 Å². The number of benzene rings is 1. The van der Waals surface area contributed by atoms with Gasteiger partial charge in [0.25, 0.3) is 5.91 Å². The van der Waals surface area contributed by atoms with Crippen LogP contribution >= 0.6 is 0 Å². The molecule has 1 aliphatic heterocycles. The van der Waals surface area contributed by atoms with E-state index in [1.807, 2.05) is 0 Å². The molecule has 0 spiro atoms. The highest BCUT2D eigenvalue weighted by Crippen LogP contribution is 2.21. The Kier molecular flexibility index (Phi) is 5.33. The molecule has 120 valence electrons. The number of nitrogens with one attached hydrogen (secondary N) is 1. The third kappa shape index (κ3) is 3.73. The highest BCUT2D eigenvalue weighted by molar-refractivity contribution is 7.89. The van der Waals surface area contributed by atoms with Crippen LogP contribution in [0, 0.1) is 0 Å². The molecule has 0 atom stereocenters. The highest BCUT2D eigenvalue weighted by atomic mass is 32.2. The van der Waals surface area contributed by atoms with E-state index in [4.69, 9.17) is 0 Å². The Morgan fingerprint density at radius 1 is 1.32 bits per heavy atom. The molecule has 1 saturated heterocycles. The van der Waals surface area contributed by atoms with Crippen LogP contribution in [0.3, 0.4) is 0 Å². The summed E-state index contributed by atoms with van der Waals surface area (Å²) in [5.74, 6) is -0.273. The minimum Gasteiger partial charge on any atom is -0.393 e. The number of carbonyl (C=O) groups excluding carboxylic acids is 1. The van der Waals surface area contributed by atoms with Gasteiger partial charge in [0.2, 0.25) is 10.0 Å². The minimum atomic E-state index is -3.57. The number of hydrogen-bond acceptors (Lipinski definition) is 4. The molecule has 1 aromatic carbocycles. The average Bonchev–Trinajstić information content (AvgIpc) is 2.53. The molecular formula is C15H20N2O4S. The Bertz CT molecular complexity index is 632. The zero-order valence-electron chi connectivity index (χ0n) is 12.2. The summed E-state index contributed by atoms with van der Waals surface area (Å²) in [6.07, 6.45) is 2.03. The van der Waals surface area contributed by atoms with Crippen LogP contribution in [-0.4, -0.2) is 49.5 Å². The molecule has 2 rings (SSSR count). The molecule has 7 heteroatoms. The van der Waals surface area contributed by atoms with Crippen molar-refractivity contribution in [3.63, 3.8) is 0 Å². The van der Waals surface area contributed by atoms with E-state index in [0.29, 0.717) is 38.0 Å². The first-order chi connectivity index (χ1) is 10.4. The monoisotopic (exact) mass is 324 g/mol. The van der Waals surface area contributed by atoms with Gasteiger partial charge in [-0.2, -0.15) is 4.31 Å². The van der Waals surface area contributed by atoms with E-state index in [0.717, 1.165) is 0 Å². The number of nitrogens with zero attached hydrogens (tertiary/aromatic N) is 1. The van der Waals surface area contributed by atoms with Gasteiger partial charge in [0.05, 0.1) is 11.0 Å². The maximum absolute atomic E-state index is 12.5. The summed E-state index contributed by atoms with van der Waals surface area (Å²) in [6, 6.07) is 5.85. The SMILES string of the molecule is C=CCNC(=O)c1ccc(S(=O)(=O)N2CCC(O)CC2)cc1. The van der Waals surface area contributed by atoms with Gasteiger partial charge in [-0.15, -0.1) is 6.58 Å². The third-order valence-corrected chi connectivity index (χ3v) is 5.50. The number of amides is 1.